The highest BCUT2D eigenvalue weighted by Gasteiger charge is 2.26. The summed E-state index contributed by atoms with van der Waals surface area (Å²) in [6, 6.07) is 12.5. The Kier molecular flexibility index (Phi) is 6.24. The van der Waals surface area contributed by atoms with Gasteiger partial charge in [0.15, 0.2) is 11.4 Å². The molecular weight excluding hydrogens is 485 g/mol. The van der Waals surface area contributed by atoms with Crippen LogP contribution in [0.3, 0.4) is 0 Å². The summed E-state index contributed by atoms with van der Waals surface area (Å²) in [7, 11) is 0. The Morgan fingerprint density at radius 3 is 2.72 bits per heavy atom. The number of benzene rings is 2. The predicted molar refractivity (Wildman–Crippen MR) is 131 cm³/mol. The van der Waals surface area contributed by atoms with Gasteiger partial charge in [-0.15, -0.1) is 0 Å². The number of nitrogens with one attached hydrogen (secondary N) is 2. The van der Waals surface area contributed by atoms with Crippen molar-refractivity contribution in [3.63, 3.8) is 0 Å². The molecule has 0 saturated carbocycles. The van der Waals surface area contributed by atoms with E-state index in [2.05, 4.69) is 20.7 Å². The van der Waals surface area contributed by atoms with Crippen molar-refractivity contribution in [2.24, 2.45) is 0 Å². The minimum Gasteiger partial charge on any atom is -0.347 e. The number of aryl methyl sites for hydroxylation is 1. The number of ketones is 1. The van der Waals surface area contributed by atoms with Crippen molar-refractivity contribution in [2.45, 2.75) is 32.4 Å². The molecule has 36 heavy (non-hydrogen) atoms. The molecule has 2 aromatic heterocycles. The third-order valence-electron chi connectivity index (χ3n) is 6.19. The zero-order valence-corrected chi connectivity index (χ0v) is 20.0. The molecule has 8 nitrogen and oxygen atoms in total. The van der Waals surface area contributed by atoms with Gasteiger partial charge in [0.2, 0.25) is 0 Å². The monoisotopic (exact) mass is 505 g/mol. The van der Waals surface area contributed by atoms with Gasteiger partial charge in [-0.05, 0) is 54.7 Å². The molecule has 0 radical (unpaired) electrons. The summed E-state index contributed by atoms with van der Waals surface area (Å²) >= 11 is 5.81. The Morgan fingerprint density at radius 2 is 1.94 bits per heavy atom. The third-order valence-corrected chi connectivity index (χ3v) is 6.48. The minimum absolute atomic E-state index is 0.00326. The fraction of sp³-hybridized carbons (Fsp3) is 0.192. The van der Waals surface area contributed by atoms with Gasteiger partial charge in [0.1, 0.15) is 17.2 Å². The molecule has 0 aliphatic heterocycles. The van der Waals surface area contributed by atoms with Gasteiger partial charge in [-0.25, -0.2) is 13.9 Å². The van der Waals surface area contributed by atoms with E-state index in [-0.39, 0.29) is 34.8 Å². The molecule has 1 aliphatic carbocycles. The third kappa shape index (κ3) is 4.57. The molecule has 0 bridgehead atoms. The first kappa shape index (κ1) is 23.6. The van der Waals surface area contributed by atoms with Crippen molar-refractivity contribution in [1.29, 1.82) is 0 Å². The normalized spacial score (nSPS) is 14.5. The van der Waals surface area contributed by atoms with Gasteiger partial charge >= 0.3 is 0 Å². The van der Waals surface area contributed by atoms with Crippen molar-refractivity contribution < 1.29 is 18.8 Å². The van der Waals surface area contributed by atoms with Crippen molar-refractivity contribution >= 4 is 34.8 Å². The average Bonchev–Trinajstić information content (AvgIpc) is 3.50. The summed E-state index contributed by atoms with van der Waals surface area (Å²) in [6.45, 7) is 1.63. The second kappa shape index (κ2) is 9.50. The van der Waals surface area contributed by atoms with Gasteiger partial charge in [0.05, 0.1) is 17.3 Å². The first-order valence-electron chi connectivity index (χ1n) is 11.3. The average molecular weight is 506 g/mol. The van der Waals surface area contributed by atoms with E-state index in [9.17, 15) is 18.8 Å². The molecule has 5 rings (SSSR count). The van der Waals surface area contributed by atoms with Crippen LogP contribution in [0.15, 0.2) is 54.7 Å². The molecule has 1 aliphatic rings. The van der Waals surface area contributed by atoms with E-state index >= 15 is 0 Å². The molecule has 1 atom stereocenters. The number of carbonyl (C=O) groups excluding carboxylic acids is 3. The van der Waals surface area contributed by atoms with E-state index in [1.165, 1.54) is 41.9 Å². The maximum absolute atomic E-state index is 13.4. The van der Waals surface area contributed by atoms with Gasteiger partial charge in [-0.2, -0.15) is 5.10 Å². The molecule has 182 valence electrons. The molecule has 0 spiro atoms. The van der Waals surface area contributed by atoms with Crippen LogP contribution in [-0.2, 0) is 13.0 Å². The van der Waals surface area contributed by atoms with Crippen LogP contribution in [0.4, 0.5) is 4.39 Å². The molecule has 10 heteroatoms. The Hall–Kier alpha value is -4.11. The number of hydrogen-bond acceptors (Lipinski definition) is 5. The summed E-state index contributed by atoms with van der Waals surface area (Å²) in [5.41, 5.74) is 3.81. The fourth-order valence-electron chi connectivity index (χ4n) is 4.33. The van der Waals surface area contributed by atoms with Crippen LogP contribution in [0.1, 0.15) is 67.4 Å². The summed E-state index contributed by atoms with van der Waals surface area (Å²) in [4.78, 5) is 42.1. The highest BCUT2D eigenvalue weighted by Crippen LogP contribution is 2.32. The molecule has 0 unspecified atom stereocenters. The molecule has 2 aromatic carbocycles. The van der Waals surface area contributed by atoms with E-state index in [1.807, 2.05) is 12.1 Å². The maximum atomic E-state index is 13.4. The van der Waals surface area contributed by atoms with Crippen LogP contribution < -0.4 is 10.6 Å². The van der Waals surface area contributed by atoms with Crippen molar-refractivity contribution in [2.75, 3.05) is 0 Å². The van der Waals surface area contributed by atoms with Crippen LogP contribution >= 0.6 is 11.6 Å². The smallest absolute Gasteiger partial charge is 0.270 e. The summed E-state index contributed by atoms with van der Waals surface area (Å²) in [5.74, 6) is -1.45. The lowest BCUT2D eigenvalue weighted by Crippen LogP contribution is -2.30. The number of Topliss-reactive ketones (excluding diaryl/α,β-unsaturated/α-hetero) is 1. The van der Waals surface area contributed by atoms with Gasteiger partial charge < -0.3 is 10.6 Å². The Balaban J connectivity index is 1.36. The number of hydrogen-bond donors (Lipinski definition) is 2. The van der Waals surface area contributed by atoms with Crippen LogP contribution in [-0.4, -0.2) is 32.2 Å². The molecule has 4 aromatic rings. The molecule has 2 N–H and O–H groups in total. The number of halogens is 2. The minimum atomic E-state index is -0.542. The molecule has 0 saturated heterocycles. The number of carbonyl (C=O) groups is 3. The number of amides is 2. The lowest BCUT2D eigenvalue weighted by atomic mass is 10.0. The van der Waals surface area contributed by atoms with Crippen LogP contribution in [0.25, 0.3) is 5.65 Å². The lowest BCUT2D eigenvalue weighted by Gasteiger charge is -2.15. The first-order valence-corrected chi connectivity index (χ1v) is 11.7. The van der Waals surface area contributed by atoms with Crippen LogP contribution in [0, 0.1) is 5.82 Å². The van der Waals surface area contributed by atoms with Gasteiger partial charge in [0, 0.05) is 24.2 Å². The zero-order valence-electron chi connectivity index (χ0n) is 19.2. The summed E-state index contributed by atoms with van der Waals surface area (Å²) in [5, 5.41) is 9.88. The van der Waals surface area contributed by atoms with Crippen LogP contribution in [0.5, 0.6) is 0 Å². The number of fused-ring (bicyclic) bond motifs is 2. The van der Waals surface area contributed by atoms with E-state index in [0.29, 0.717) is 23.2 Å². The molecular formula is C26H21ClFN5O3. The quantitative estimate of drug-likeness (QED) is 0.384. The van der Waals surface area contributed by atoms with Gasteiger partial charge in [-0.3, -0.25) is 14.4 Å². The Bertz CT molecular complexity index is 1530. The number of aromatic nitrogens is 3. The summed E-state index contributed by atoms with van der Waals surface area (Å²) < 4.78 is 14.8. The highest BCUT2D eigenvalue weighted by molar-refractivity contribution is 6.30. The maximum Gasteiger partial charge on any atom is 0.270 e. The van der Waals surface area contributed by atoms with Gasteiger partial charge in [0.25, 0.3) is 11.8 Å². The second-order valence-corrected chi connectivity index (χ2v) is 9.00. The van der Waals surface area contributed by atoms with Crippen molar-refractivity contribution in [3.05, 3.63) is 99.2 Å². The van der Waals surface area contributed by atoms with Crippen molar-refractivity contribution in [3.8, 4) is 0 Å². The van der Waals surface area contributed by atoms with E-state index in [0.717, 1.165) is 17.5 Å². The predicted octanol–water partition coefficient (Wildman–Crippen LogP) is 4.07. The van der Waals surface area contributed by atoms with E-state index in [1.54, 1.807) is 12.1 Å². The number of nitrogens with zero attached hydrogens (tertiary/aromatic N) is 3. The van der Waals surface area contributed by atoms with Crippen LogP contribution in [0.2, 0.25) is 5.02 Å². The Labute approximate surface area is 210 Å². The standard InChI is InChI=1S/C26H21ClFN5O3/c1-14(34)16-3-5-18-17(11-16)4-7-21(18)32-26(36)23-12-22(31-24-8-9-30-33(23)24)25(35)29-13-15-2-6-20(28)19(27)10-15/h2-3,5-6,8-12,21H,4,7,13H2,1H3,(H,29,35)(H,32,36)/t21-/m0/s1. The molecule has 0 fully saturated rings. The first-order chi connectivity index (χ1) is 17.3. The molecule has 2 amide bonds. The number of rotatable bonds is 6. The highest BCUT2D eigenvalue weighted by atomic mass is 35.5. The van der Waals surface area contributed by atoms with E-state index in [4.69, 9.17) is 11.6 Å². The second-order valence-electron chi connectivity index (χ2n) is 8.59. The van der Waals surface area contributed by atoms with Crippen molar-refractivity contribution in [1.82, 2.24) is 25.2 Å². The zero-order chi connectivity index (χ0) is 25.4. The fourth-order valence-corrected chi connectivity index (χ4v) is 4.54. The lowest BCUT2D eigenvalue weighted by molar-refractivity contribution is 0.0927. The topological polar surface area (TPSA) is 105 Å². The SMILES string of the molecule is CC(=O)c1ccc2c(c1)CC[C@@H]2NC(=O)c1cc(C(=O)NCc2ccc(F)c(Cl)c2)nc2ccnn12. The molecule has 2 heterocycles. The largest absolute Gasteiger partial charge is 0.347 e. The summed E-state index contributed by atoms with van der Waals surface area (Å²) in [6.07, 6.45) is 2.94. The van der Waals surface area contributed by atoms with E-state index < -0.39 is 17.6 Å². The van der Waals surface area contributed by atoms with Gasteiger partial charge in [-0.1, -0.05) is 29.8 Å². The Morgan fingerprint density at radius 1 is 1.11 bits per heavy atom.